The zero-order valence-electron chi connectivity index (χ0n) is 27.0. The first-order chi connectivity index (χ1) is 24.2. The van der Waals surface area contributed by atoms with Gasteiger partial charge in [0.25, 0.3) is 11.8 Å². The normalized spacial score (nSPS) is 13.8. The number of carbonyl (C=O) groups is 2. The second-order valence-electron chi connectivity index (χ2n) is 10.8. The van der Waals surface area contributed by atoms with Crippen LogP contribution >= 0.6 is 23.2 Å². The third-order valence-corrected chi connectivity index (χ3v) is 10.4. The molecule has 16 heteroatoms. The molecule has 0 saturated carbocycles. The highest BCUT2D eigenvalue weighted by atomic mass is 35.5. The quantitative estimate of drug-likeness (QED) is 0.139. The number of amides is 2. The molecule has 2 aliphatic heterocycles. The number of aliphatic hydroxyl groups excluding tert-OH is 1. The average molecular weight is 775 g/mol. The van der Waals surface area contributed by atoms with Crippen LogP contribution in [0.5, 0.6) is 11.5 Å². The number of nitrogens with one attached hydrogen (secondary N) is 2. The lowest BCUT2D eigenvalue weighted by Gasteiger charge is -2.12. The van der Waals surface area contributed by atoms with Crippen molar-refractivity contribution in [3.63, 3.8) is 0 Å². The van der Waals surface area contributed by atoms with E-state index in [2.05, 4.69) is 10.6 Å². The number of benzene rings is 4. The van der Waals surface area contributed by atoms with Gasteiger partial charge < -0.3 is 31.3 Å². The van der Waals surface area contributed by atoms with Gasteiger partial charge in [-0.25, -0.2) is 16.8 Å². The predicted molar refractivity (Wildman–Crippen MR) is 198 cm³/mol. The van der Waals surface area contributed by atoms with Crippen molar-refractivity contribution < 1.29 is 41.4 Å². The zero-order valence-corrected chi connectivity index (χ0v) is 30.1. The summed E-state index contributed by atoms with van der Waals surface area (Å²) in [6.45, 7) is 2.81. The molecular weight excluding hydrogens is 741 g/mol. The fourth-order valence-corrected chi connectivity index (χ4v) is 7.33. The van der Waals surface area contributed by atoms with Crippen molar-refractivity contribution in [2.24, 2.45) is 5.73 Å². The maximum absolute atomic E-state index is 12.6. The number of hydrogen-bond donors (Lipinski definition) is 5. The first-order valence-corrected chi connectivity index (χ1v) is 19.0. The van der Waals surface area contributed by atoms with Crippen LogP contribution in [0.25, 0.3) is 12.2 Å². The van der Waals surface area contributed by atoms with E-state index in [1.807, 2.05) is 6.92 Å². The van der Waals surface area contributed by atoms with Crippen molar-refractivity contribution in [1.29, 1.82) is 0 Å². The van der Waals surface area contributed by atoms with E-state index < -0.39 is 31.5 Å². The fourth-order valence-electron chi connectivity index (χ4n) is 4.53. The van der Waals surface area contributed by atoms with Gasteiger partial charge in [0.1, 0.15) is 18.1 Å². The molecule has 12 nitrogen and oxygen atoms in total. The first kappa shape index (κ1) is 39.1. The number of hydrogen-bond acceptors (Lipinski definition) is 10. The minimum Gasteiger partial charge on any atom is -0.507 e. The van der Waals surface area contributed by atoms with Gasteiger partial charge in [-0.05, 0) is 90.4 Å². The minimum atomic E-state index is -3.45. The van der Waals surface area contributed by atoms with E-state index in [0.717, 1.165) is 17.2 Å². The topological polar surface area (TPSA) is 202 Å². The third-order valence-electron chi connectivity index (χ3n) is 7.00. The van der Waals surface area contributed by atoms with Crippen LogP contribution in [0, 0.1) is 0 Å². The van der Waals surface area contributed by atoms with Crippen molar-refractivity contribution in [1.82, 2.24) is 0 Å². The smallest absolute Gasteiger partial charge is 0.259 e. The molecule has 0 fully saturated rings. The molecule has 6 rings (SSSR count). The van der Waals surface area contributed by atoms with Crippen molar-refractivity contribution in [2.45, 2.75) is 23.1 Å². The highest BCUT2D eigenvalue weighted by molar-refractivity contribution is 7.95. The molecule has 0 bridgehead atoms. The standard InChI is InChI=1S/C17H15ClN2O4S.C15H10ClNO4S.C3H8O/c18-12-2-4-15(24-7-6-19)14(9-12)17(21)20-13-3-1-11-5-8-25(22,23)16(11)10-13;16-10-2-4-13(18)12(7-10)15(19)17-11-3-1-9-5-6-22(20,21)14(9)8-11;1-2-3-4/h1-5,8-10H,6-7,19H2,(H,20,21);1-8,18H,(H,17,19);4H,2-3H2,1H3. The molecule has 2 heterocycles. The predicted octanol–water partition coefficient (Wildman–Crippen LogP) is 6.13. The molecule has 268 valence electrons. The Labute approximate surface area is 305 Å². The largest absolute Gasteiger partial charge is 0.507 e. The Morgan fingerprint density at radius 2 is 1.22 bits per heavy atom. The van der Waals surface area contributed by atoms with Gasteiger partial charge in [0.2, 0.25) is 19.7 Å². The van der Waals surface area contributed by atoms with Gasteiger partial charge in [0.05, 0.1) is 20.9 Å². The lowest BCUT2D eigenvalue weighted by atomic mass is 10.1. The second-order valence-corrected chi connectivity index (χ2v) is 15.2. The third kappa shape index (κ3) is 9.97. The zero-order chi connectivity index (χ0) is 37.3. The number of carbonyl (C=O) groups excluding carboxylic acids is 2. The number of aliphatic hydroxyl groups is 1. The summed E-state index contributed by atoms with van der Waals surface area (Å²) in [5, 5.41) is 25.7. The van der Waals surface area contributed by atoms with Crippen molar-refractivity contribution in [2.75, 3.05) is 30.4 Å². The van der Waals surface area contributed by atoms with E-state index in [-0.39, 0.29) is 33.3 Å². The summed E-state index contributed by atoms with van der Waals surface area (Å²) in [6, 6.07) is 18.0. The molecule has 2 amide bonds. The van der Waals surface area contributed by atoms with Crippen LogP contribution in [-0.2, 0) is 19.7 Å². The molecular formula is C35H33Cl2N3O9S2. The summed E-state index contributed by atoms with van der Waals surface area (Å²) in [6.07, 6.45) is 3.89. The Hall–Kier alpha value is -4.70. The number of ether oxygens (including phenoxy) is 1. The lowest BCUT2D eigenvalue weighted by Crippen LogP contribution is -2.16. The van der Waals surface area contributed by atoms with Gasteiger partial charge >= 0.3 is 0 Å². The summed E-state index contributed by atoms with van der Waals surface area (Å²) in [5.41, 5.74) is 7.51. The Bertz CT molecular complexity index is 2240. The summed E-state index contributed by atoms with van der Waals surface area (Å²) < 4.78 is 52.9. The SMILES string of the molecule is CCCO.NCCOc1ccc(Cl)cc1C(=O)Nc1ccc2c(c1)S(=O)(=O)C=C2.O=C(Nc1ccc2c(c1)S(=O)(=O)C=C2)c1cc(Cl)ccc1O. The van der Waals surface area contributed by atoms with E-state index in [0.29, 0.717) is 51.4 Å². The lowest BCUT2D eigenvalue weighted by molar-refractivity contribution is 0.101. The van der Waals surface area contributed by atoms with E-state index in [9.17, 15) is 31.5 Å². The average Bonchev–Trinajstić information content (AvgIpc) is 3.58. The van der Waals surface area contributed by atoms with Gasteiger partial charge in [-0.3, -0.25) is 9.59 Å². The van der Waals surface area contributed by atoms with E-state index in [4.69, 9.17) is 38.8 Å². The molecule has 0 aromatic heterocycles. The maximum Gasteiger partial charge on any atom is 0.259 e. The Morgan fingerprint density at radius 1 is 0.745 bits per heavy atom. The van der Waals surface area contributed by atoms with Crippen molar-refractivity contribution in [3.8, 4) is 11.5 Å². The van der Waals surface area contributed by atoms with Crippen LogP contribution < -0.4 is 21.1 Å². The summed E-state index contributed by atoms with van der Waals surface area (Å²) in [4.78, 5) is 25.0. The fraction of sp³-hybridized carbons (Fsp3) is 0.143. The highest BCUT2D eigenvalue weighted by Gasteiger charge is 2.23. The molecule has 2 aliphatic rings. The minimum absolute atomic E-state index is 0.00832. The van der Waals surface area contributed by atoms with Crippen LogP contribution in [0.4, 0.5) is 11.4 Å². The number of anilines is 2. The molecule has 0 saturated heterocycles. The van der Waals surface area contributed by atoms with Gasteiger partial charge in [0.15, 0.2) is 0 Å². The molecule has 4 aromatic carbocycles. The highest BCUT2D eigenvalue weighted by Crippen LogP contribution is 2.32. The second kappa shape index (κ2) is 17.0. The number of rotatable bonds is 8. The monoisotopic (exact) mass is 773 g/mol. The van der Waals surface area contributed by atoms with E-state index >= 15 is 0 Å². The molecule has 0 radical (unpaired) electrons. The summed E-state index contributed by atoms with van der Waals surface area (Å²) in [5.74, 6) is -0.902. The van der Waals surface area contributed by atoms with Gasteiger partial charge in [-0.1, -0.05) is 42.3 Å². The molecule has 0 unspecified atom stereocenters. The van der Waals surface area contributed by atoms with E-state index in [1.54, 1.807) is 36.4 Å². The Balaban J connectivity index is 0.000000208. The van der Waals surface area contributed by atoms with Crippen LogP contribution in [-0.4, -0.2) is 58.6 Å². The number of nitrogens with two attached hydrogens (primary N) is 1. The molecule has 0 atom stereocenters. The molecule has 4 aromatic rings. The number of phenolic OH excluding ortho intramolecular Hbond substituents is 1. The molecule has 6 N–H and O–H groups in total. The number of halogens is 2. The van der Waals surface area contributed by atoms with E-state index in [1.165, 1.54) is 48.6 Å². The molecule has 0 aliphatic carbocycles. The molecule has 0 spiro atoms. The van der Waals surface area contributed by atoms with Crippen molar-refractivity contribution >= 4 is 78.2 Å². The van der Waals surface area contributed by atoms with Gasteiger partial charge in [-0.2, -0.15) is 0 Å². The number of aromatic hydroxyl groups is 1. The maximum atomic E-state index is 12.6. The van der Waals surface area contributed by atoms with Gasteiger partial charge in [-0.15, -0.1) is 0 Å². The summed E-state index contributed by atoms with van der Waals surface area (Å²) >= 11 is 11.8. The van der Waals surface area contributed by atoms with Crippen LogP contribution in [0.2, 0.25) is 10.0 Å². The Morgan fingerprint density at radius 3 is 1.71 bits per heavy atom. The molecule has 51 heavy (non-hydrogen) atoms. The number of phenols is 1. The van der Waals surface area contributed by atoms with Gasteiger partial charge in [0, 0.05) is 45.4 Å². The number of fused-ring (bicyclic) bond motifs is 2. The van der Waals surface area contributed by atoms with Crippen LogP contribution in [0.15, 0.2) is 93.4 Å². The summed E-state index contributed by atoms with van der Waals surface area (Å²) in [7, 11) is -6.89. The van der Waals surface area contributed by atoms with Crippen LogP contribution in [0.1, 0.15) is 45.2 Å². The first-order valence-electron chi connectivity index (χ1n) is 15.2. The number of sulfone groups is 2. The van der Waals surface area contributed by atoms with Crippen LogP contribution in [0.3, 0.4) is 0 Å². The van der Waals surface area contributed by atoms with Crippen molar-refractivity contribution in [3.05, 3.63) is 116 Å². The Kier molecular flexibility index (Phi) is 13.0.